The third-order valence-corrected chi connectivity index (χ3v) is 3.42. The van der Waals surface area contributed by atoms with Gasteiger partial charge in [-0.1, -0.05) is 6.92 Å². The van der Waals surface area contributed by atoms with E-state index in [1.54, 1.807) is 7.05 Å². The number of nitrogens with zero attached hydrogens (tertiary/aromatic N) is 4. The molecule has 0 radical (unpaired) electrons. The van der Waals surface area contributed by atoms with Crippen molar-refractivity contribution in [3.63, 3.8) is 0 Å². The second-order valence-electron chi connectivity index (χ2n) is 4.88. The van der Waals surface area contributed by atoms with Crippen LogP contribution < -0.4 is 5.32 Å². The first kappa shape index (κ1) is 15.2. The minimum Gasteiger partial charge on any atom is -0.481 e. The first-order valence-electron chi connectivity index (χ1n) is 6.76. The van der Waals surface area contributed by atoms with Crippen molar-refractivity contribution in [3.8, 4) is 0 Å². The Bertz CT molecular complexity index is 518. The van der Waals surface area contributed by atoms with Crippen LogP contribution in [0.25, 0.3) is 0 Å². The van der Waals surface area contributed by atoms with Crippen molar-refractivity contribution < 1.29 is 19.4 Å². The van der Waals surface area contributed by atoms with E-state index in [2.05, 4.69) is 15.4 Å². The lowest BCUT2D eigenvalue weighted by Crippen LogP contribution is -2.48. The van der Waals surface area contributed by atoms with Gasteiger partial charge >= 0.3 is 12.0 Å². The summed E-state index contributed by atoms with van der Waals surface area (Å²) in [6.45, 7) is 2.72. The van der Waals surface area contributed by atoms with E-state index in [-0.39, 0.29) is 13.2 Å². The quantitative estimate of drug-likeness (QED) is 0.801. The van der Waals surface area contributed by atoms with Crippen LogP contribution in [0.4, 0.5) is 10.7 Å². The summed E-state index contributed by atoms with van der Waals surface area (Å²) in [6, 6.07) is -0.870. The number of nitrogens with one attached hydrogen (secondary N) is 1. The number of aromatic nitrogens is 3. The lowest BCUT2D eigenvalue weighted by Gasteiger charge is -2.29. The summed E-state index contributed by atoms with van der Waals surface area (Å²) < 4.78 is 6.66. The molecule has 2 atom stereocenters. The van der Waals surface area contributed by atoms with Crippen LogP contribution in [0.5, 0.6) is 0 Å². The molecule has 1 aromatic heterocycles. The standard InChI is InChI=1S/C12H19N5O4/c1-3-4-17(9-6-21-5-8(9)10(18)19)12(20)15-11-13-7-14-16(11)2/h7-9H,3-6H2,1-2H3,(H,18,19)(H,13,14,15,20). The maximum absolute atomic E-state index is 12.4. The smallest absolute Gasteiger partial charge is 0.324 e. The minimum absolute atomic E-state index is 0.122. The first-order valence-corrected chi connectivity index (χ1v) is 6.76. The molecular formula is C12H19N5O4. The Labute approximate surface area is 121 Å². The largest absolute Gasteiger partial charge is 0.481 e. The summed E-state index contributed by atoms with van der Waals surface area (Å²) >= 11 is 0. The molecule has 2 rings (SSSR count). The first-order chi connectivity index (χ1) is 10.0. The Morgan fingerprint density at radius 2 is 2.33 bits per heavy atom. The van der Waals surface area contributed by atoms with E-state index in [1.165, 1.54) is 15.9 Å². The Morgan fingerprint density at radius 1 is 1.57 bits per heavy atom. The predicted octanol–water partition coefficient (Wildman–Crippen LogP) is 0.159. The van der Waals surface area contributed by atoms with Crippen LogP contribution in [0.2, 0.25) is 0 Å². The number of carboxylic acid groups (broad SMARTS) is 1. The van der Waals surface area contributed by atoms with Crippen LogP contribution in [0.1, 0.15) is 13.3 Å². The summed E-state index contributed by atoms with van der Waals surface area (Å²) in [7, 11) is 1.66. The maximum Gasteiger partial charge on any atom is 0.324 e. The predicted molar refractivity (Wildman–Crippen MR) is 72.8 cm³/mol. The Balaban J connectivity index is 2.12. The number of anilines is 1. The van der Waals surface area contributed by atoms with E-state index >= 15 is 0 Å². The zero-order valence-corrected chi connectivity index (χ0v) is 12.0. The molecule has 0 aliphatic carbocycles. The van der Waals surface area contributed by atoms with E-state index in [0.717, 1.165) is 6.42 Å². The summed E-state index contributed by atoms with van der Waals surface area (Å²) in [5.41, 5.74) is 0. The van der Waals surface area contributed by atoms with Crippen LogP contribution >= 0.6 is 0 Å². The molecule has 0 spiro atoms. The second kappa shape index (κ2) is 6.53. The monoisotopic (exact) mass is 297 g/mol. The average Bonchev–Trinajstić information content (AvgIpc) is 3.06. The van der Waals surface area contributed by atoms with Gasteiger partial charge in [-0.05, 0) is 6.42 Å². The van der Waals surface area contributed by atoms with Crippen molar-refractivity contribution in [1.82, 2.24) is 19.7 Å². The highest BCUT2D eigenvalue weighted by molar-refractivity contribution is 5.88. The van der Waals surface area contributed by atoms with E-state index in [4.69, 9.17) is 4.74 Å². The molecule has 2 heterocycles. The SMILES string of the molecule is CCCN(C(=O)Nc1ncnn1C)C1COCC1C(=O)O. The van der Waals surface area contributed by atoms with Crippen molar-refractivity contribution in [2.24, 2.45) is 13.0 Å². The van der Waals surface area contributed by atoms with E-state index < -0.39 is 24.0 Å². The van der Waals surface area contributed by atoms with Gasteiger partial charge in [0.2, 0.25) is 5.95 Å². The topological polar surface area (TPSA) is 110 Å². The molecule has 9 heteroatoms. The summed E-state index contributed by atoms with van der Waals surface area (Å²) in [5, 5.41) is 15.7. The van der Waals surface area contributed by atoms with Crippen LogP contribution in [0.15, 0.2) is 6.33 Å². The third-order valence-electron chi connectivity index (χ3n) is 3.42. The molecule has 9 nitrogen and oxygen atoms in total. The molecule has 116 valence electrons. The number of carbonyl (C=O) groups is 2. The molecule has 1 saturated heterocycles. The number of ether oxygens (including phenoxy) is 1. The average molecular weight is 297 g/mol. The Morgan fingerprint density at radius 3 is 2.90 bits per heavy atom. The zero-order valence-electron chi connectivity index (χ0n) is 12.0. The summed E-state index contributed by atoms with van der Waals surface area (Å²) in [4.78, 5) is 29.1. The summed E-state index contributed by atoms with van der Waals surface area (Å²) in [6.07, 6.45) is 2.05. The lowest BCUT2D eigenvalue weighted by molar-refractivity contribution is -0.142. The number of carboxylic acids is 1. The highest BCUT2D eigenvalue weighted by Gasteiger charge is 2.40. The van der Waals surface area contributed by atoms with Crippen LogP contribution in [0, 0.1) is 5.92 Å². The van der Waals surface area contributed by atoms with E-state index in [9.17, 15) is 14.7 Å². The van der Waals surface area contributed by atoms with Crippen LogP contribution in [0.3, 0.4) is 0 Å². The fourth-order valence-corrected chi connectivity index (χ4v) is 2.32. The Hall–Kier alpha value is -2.16. The molecule has 1 aromatic rings. The molecule has 0 aromatic carbocycles. The van der Waals surface area contributed by atoms with Gasteiger partial charge in [-0.3, -0.25) is 10.1 Å². The number of amides is 2. The normalized spacial score (nSPS) is 21.2. The molecule has 1 aliphatic heterocycles. The molecule has 1 aliphatic rings. The van der Waals surface area contributed by atoms with Gasteiger partial charge in [-0.2, -0.15) is 10.1 Å². The molecule has 0 bridgehead atoms. The number of aliphatic carboxylic acids is 1. The molecular weight excluding hydrogens is 278 g/mol. The molecule has 2 N–H and O–H groups in total. The van der Waals surface area contributed by atoms with Gasteiger partial charge in [0, 0.05) is 13.6 Å². The van der Waals surface area contributed by atoms with Crippen LogP contribution in [-0.4, -0.2) is 62.6 Å². The molecule has 2 amide bonds. The molecule has 0 saturated carbocycles. The van der Waals surface area contributed by atoms with E-state index in [1.807, 2.05) is 6.92 Å². The van der Waals surface area contributed by atoms with Crippen molar-refractivity contribution in [2.75, 3.05) is 25.1 Å². The van der Waals surface area contributed by atoms with Crippen molar-refractivity contribution in [2.45, 2.75) is 19.4 Å². The number of hydrogen-bond donors (Lipinski definition) is 2. The van der Waals surface area contributed by atoms with Gasteiger partial charge in [-0.25, -0.2) is 9.48 Å². The highest BCUT2D eigenvalue weighted by Crippen LogP contribution is 2.21. The van der Waals surface area contributed by atoms with Gasteiger partial charge in [0.1, 0.15) is 12.2 Å². The Kier molecular flexibility index (Phi) is 4.73. The van der Waals surface area contributed by atoms with Gasteiger partial charge in [0.25, 0.3) is 0 Å². The molecule has 21 heavy (non-hydrogen) atoms. The third kappa shape index (κ3) is 3.30. The van der Waals surface area contributed by atoms with Crippen molar-refractivity contribution in [3.05, 3.63) is 6.33 Å². The fourth-order valence-electron chi connectivity index (χ4n) is 2.32. The maximum atomic E-state index is 12.4. The highest BCUT2D eigenvalue weighted by atomic mass is 16.5. The number of hydrogen-bond acceptors (Lipinski definition) is 5. The number of urea groups is 1. The number of rotatable bonds is 5. The van der Waals surface area contributed by atoms with Crippen LogP contribution in [-0.2, 0) is 16.6 Å². The van der Waals surface area contributed by atoms with Gasteiger partial charge in [0.15, 0.2) is 0 Å². The van der Waals surface area contributed by atoms with Crippen molar-refractivity contribution in [1.29, 1.82) is 0 Å². The second-order valence-corrected chi connectivity index (χ2v) is 4.88. The van der Waals surface area contributed by atoms with Gasteiger partial charge < -0.3 is 14.7 Å². The van der Waals surface area contributed by atoms with Crippen molar-refractivity contribution >= 4 is 17.9 Å². The van der Waals surface area contributed by atoms with Gasteiger partial charge in [0.05, 0.1) is 19.3 Å². The number of aryl methyl sites for hydroxylation is 1. The number of carbonyl (C=O) groups excluding carboxylic acids is 1. The fraction of sp³-hybridized carbons (Fsp3) is 0.667. The summed E-state index contributed by atoms with van der Waals surface area (Å²) in [5.74, 6) is -1.35. The molecule has 1 fully saturated rings. The molecule has 2 unspecified atom stereocenters. The lowest BCUT2D eigenvalue weighted by atomic mass is 10.0. The van der Waals surface area contributed by atoms with Gasteiger partial charge in [-0.15, -0.1) is 0 Å². The minimum atomic E-state index is -0.954. The zero-order chi connectivity index (χ0) is 15.4. The van der Waals surface area contributed by atoms with E-state index in [0.29, 0.717) is 12.5 Å².